The predicted molar refractivity (Wildman–Crippen MR) is 184 cm³/mol. The Morgan fingerprint density at radius 3 is 1.70 bits per heavy atom. The van der Waals surface area contributed by atoms with E-state index in [1.54, 1.807) is 6.92 Å². The number of hydrogen-bond acceptors (Lipinski definition) is 5. The van der Waals surface area contributed by atoms with Crippen molar-refractivity contribution < 1.29 is 29.0 Å². The number of cyclic esters (lactones) is 2. The number of ether oxygens (including phenoxy) is 1. The van der Waals surface area contributed by atoms with Gasteiger partial charge >= 0.3 is 17.9 Å². The molecule has 1 aliphatic rings. The zero-order chi connectivity index (χ0) is 34.2. The van der Waals surface area contributed by atoms with Gasteiger partial charge in [0.2, 0.25) is 0 Å². The summed E-state index contributed by atoms with van der Waals surface area (Å²) in [5, 5.41) is 10.6. The van der Waals surface area contributed by atoms with Crippen molar-refractivity contribution in [1.29, 1.82) is 0 Å². The van der Waals surface area contributed by atoms with E-state index in [1.807, 2.05) is 92.7 Å². The van der Waals surface area contributed by atoms with E-state index in [2.05, 4.69) is 26.0 Å². The van der Waals surface area contributed by atoms with Crippen molar-refractivity contribution in [1.82, 2.24) is 0 Å². The molecule has 1 aliphatic heterocycles. The molecule has 1 fully saturated rings. The molecular formula is C41H50O6. The Bertz CT molecular complexity index is 1500. The van der Waals surface area contributed by atoms with E-state index in [0.29, 0.717) is 25.7 Å². The summed E-state index contributed by atoms with van der Waals surface area (Å²) >= 11 is 0. The van der Waals surface area contributed by atoms with Gasteiger partial charge < -0.3 is 14.6 Å². The number of carbonyl (C=O) groups excluding carboxylic acids is 3. The first kappa shape index (κ1) is 35.8. The third-order valence-corrected chi connectivity index (χ3v) is 10.5. The molecule has 0 amide bonds. The van der Waals surface area contributed by atoms with Crippen LogP contribution < -0.4 is 0 Å². The zero-order valence-electron chi connectivity index (χ0n) is 28.5. The Hall–Kier alpha value is -4.06. The van der Waals surface area contributed by atoms with Crippen molar-refractivity contribution in [2.75, 3.05) is 0 Å². The highest BCUT2D eigenvalue weighted by atomic mass is 16.6. The molecule has 0 saturated carbocycles. The van der Waals surface area contributed by atoms with Crippen LogP contribution in [0.25, 0.3) is 0 Å². The van der Waals surface area contributed by atoms with E-state index in [-0.39, 0.29) is 30.6 Å². The van der Waals surface area contributed by atoms with E-state index < -0.39 is 40.1 Å². The van der Waals surface area contributed by atoms with Gasteiger partial charge in [0.15, 0.2) is 0 Å². The lowest BCUT2D eigenvalue weighted by atomic mass is 9.61. The molecule has 0 bridgehead atoms. The molecule has 250 valence electrons. The fourth-order valence-corrected chi connectivity index (χ4v) is 7.93. The van der Waals surface area contributed by atoms with Crippen LogP contribution in [0.15, 0.2) is 91.0 Å². The van der Waals surface area contributed by atoms with Gasteiger partial charge in [-0.25, -0.2) is 0 Å². The summed E-state index contributed by atoms with van der Waals surface area (Å²) < 4.78 is 5.54. The number of aldehydes is 1. The average Bonchev–Trinajstić information content (AvgIpc) is 3.07. The van der Waals surface area contributed by atoms with Crippen molar-refractivity contribution >= 4 is 24.2 Å². The number of aliphatic carboxylic acids is 1. The molecule has 7 atom stereocenters. The summed E-state index contributed by atoms with van der Waals surface area (Å²) in [6, 6.07) is 29.7. The molecule has 0 aromatic heterocycles. The van der Waals surface area contributed by atoms with Gasteiger partial charge in [0.05, 0.1) is 16.2 Å². The van der Waals surface area contributed by atoms with Crippen LogP contribution in [-0.4, -0.2) is 29.3 Å². The quantitative estimate of drug-likeness (QED) is 0.0955. The minimum atomic E-state index is -1.24. The molecule has 1 N–H and O–H groups in total. The summed E-state index contributed by atoms with van der Waals surface area (Å²) in [4.78, 5) is 52.3. The largest absolute Gasteiger partial charge is 0.481 e. The maximum Gasteiger partial charge on any atom is 0.319 e. The van der Waals surface area contributed by atoms with Crippen molar-refractivity contribution in [2.45, 2.75) is 97.3 Å². The lowest BCUT2D eigenvalue weighted by molar-refractivity contribution is -0.186. The van der Waals surface area contributed by atoms with Crippen LogP contribution in [0.2, 0.25) is 0 Å². The molecule has 6 nitrogen and oxygen atoms in total. The maximum atomic E-state index is 13.6. The average molecular weight is 639 g/mol. The summed E-state index contributed by atoms with van der Waals surface area (Å²) in [6.45, 7) is 9.63. The summed E-state index contributed by atoms with van der Waals surface area (Å²) in [5.41, 5.74) is 0.0160. The molecule has 0 radical (unpaired) electrons. The summed E-state index contributed by atoms with van der Waals surface area (Å²) in [6.07, 6.45) is 3.84. The number of carboxylic acid groups (broad SMARTS) is 1. The Morgan fingerprint density at radius 1 is 0.809 bits per heavy atom. The second-order valence-corrected chi connectivity index (χ2v) is 14.7. The Kier molecular flexibility index (Phi) is 11.6. The molecule has 0 aliphatic carbocycles. The van der Waals surface area contributed by atoms with Crippen LogP contribution in [0.5, 0.6) is 0 Å². The highest BCUT2D eigenvalue weighted by Gasteiger charge is 2.54. The lowest BCUT2D eigenvalue weighted by Crippen LogP contribution is -2.49. The first-order chi connectivity index (χ1) is 22.3. The summed E-state index contributed by atoms with van der Waals surface area (Å²) in [5.74, 6) is -2.61. The lowest BCUT2D eigenvalue weighted by Gasteiger charge is -2.44. The van der Waals surface area contributed by atoms with Gasteiger partial charge in [-0.3, -0.25) is 14.4 Å². The number of esters is 2. The van der Waals surface area contributed by atoms with Crippen LogP contribution >= 0.6 is 0 Å². The molecule has 1 saturated heterocycles. The van der Waals surface area contributed by atoms with Gasteiger partial charge in [0.25, 0.3) is 0 Å². The Labute approximate surface area is 279 Å². The molecule has 7 unspecified atom stereocenters. The van der Waals surface area contributed by atoms with E-state index in [1.165, 1.54) is 0 Å². The van der Waals surface area contributed by atoms with Gasteiger partial charge in [0, 0.05) is 5.92 Å². The van der Waals surface area contributed by atoms with Gasteiger partial charge in [-0.1, -0.05) is 105 Å². The number of hydrogen-bond donors (Lipinski definition) is 1. The Balaban J connectivity index is 1.61. The van der Waals surface area contributed by atoms with Crippen LogP contribution in [-0.2, 0) is 23.9 Å². The molecule has 4 rings (SSSR count). The van der Waals surface area contributed by atoms with Gasteiger partial charge in [-0.2, -0.15) is 0 Å². The Morgan fingerprint density at radius 2 is 1.26 bits per heavy atom. The van der Waals surface area contributed by atoms with E-state index in [0.717, 1.165) is 29.4 Å². The summed E-state index contributed by atoms with van der Waals surface area (Å²) in [7, 11) is 0. The third kappa shape index (κ3) is 8.65. The fourth-order valence-electron chi connectivity index (χ4n) is 7.93. The van der Waals surface area contributed by atoms with E-state index in [4.69, 9.17) is 4.74 Å². The first-order valence-electron chi connectivity index (χ1n) is 16.9. The smallest absolute Gasteiger partial charge is 0.319 e. The molecule has 6 heteroatoms. The van der Waals surface area contributed by atoms with Gasteiger partial charge in [0.1, 0.15) is 6.29 Å². The topological polar surface area (TPSA) is 97.7 Å². The SMILES string of the molecule is CCC(CC1(C)CC(C)(CC(CC(C)(CC(C=O)CC(C)c2ccccc2)C(=O)O)c2ccccc2)C(=O)OC1=O)c1ccccc1. The second-order valence-electron chi connectivity index (χ2n) is 14.7. The van der Waals surface area contributed by atoms with Crippen molar-refractivity contribution in [2.24, 2.45) is 22.2 Å². The first-order valence-corrected chi connectivity index (χ1v) is 16.9. The molecule has 1 heterocycles. The zero-order valence-corrected chi connectivity index (χ0v) is 28.5. The van der Waals surface area contributed by atoms with Crippen molar-refractivity contribution in [3.8, 4) is 0 Å². The standard InChI is InChI=1S/C41H50O6/c1-6-31(33-18-12-8-13-19-33)24-40(4)28-41(5,38(46)47-37(40)45)26-35(34-20-14-9-15-21-34)25-39(3,36(43)44)23-30(27-42)22-29(2)32-16-10-7-11-17-32/h7-21,27,29-31,35H,6,22-26,28H2,1-5H3,(H,43,44). The van der Waals surface area contributed by atoms with E-state index >= 15 is 0 Å². The van der Waals surface area contributed by atoms with E-state index in [9.17, 15) is 24.3 Å². The molecule has 3 aromatic carbocycles. The minimum Gasteiger partial charge on any atom is -0.481 e. The van der Waals surface area contributed by atoms with Crippen LogP contribution in [0.1, 0.15) is 114 Å². The van der Waals surface area contributed by atoms with Crippen LogP contribution in [0, 0.1) is 22.2 Å². The molecular weight excluding hydrogens is 588 g/mol. The molecule has 47 heavy (non-hydrogen) atoms. The van der Waals surface area contributed by atoms with Crippen LogP contribution in [0.3, 0.4) is 0 Å². The van der Waals surface area contributed by atoms with Crippen molar-refractivity contribution in [3.63, 3.8) is 0 Å². The number of benzene rings is 3. The van der Waals surface area contributed by atoms with Gasteiger partial charge in [-0.05, 0) is 100 Å². The monoisotopic (exact) mass is 638 g/mol. The predicted octanol–water partition coefficient (Wildman–Crippen LogP) is 9.11. The number of rotatable bonds is 16. The molecule has 0 spiro atoms. The van der Waals surface area contributed by atoms with Gasteiger partial charge in [-0.15, -0.1) is 0 Å². The number of carbonyl (C=O) groups is 4. The van der Waals surface area contributed by atoms with Crippen molar-refractivity contribution in [3.05, 3.63) is 108 Å². The highest BCUT2D eigenvalue weighted by molar-refractivity contribution is 5.94. The highest BCUT2D eigenvalue weighted by Crippen LogP contribution is 2.52. The second kappa shape index (κ2) is 15.2. The number of carboxylic acids is 1. The van der Waals surface area contributed by atoms with Crippen LogP contribution in [0.4, 0.5) is 0 Å². The molecule has 3 aromatic rings. The maximum absolute atomic E-state index is 13.6. The normalized spacial score (nSPS) is 23.5. The third-order valence-electron chi connectivity index (χ3n) is 10.5. The fraction of sp³-hybridized carbons (Fsp3) is 0.463. The minimum absolute atomic E-state index is 0.0864.